The number of rotatable bonds is 6. The number of likely N-dealkylation sites (N-methyl/N-ethyl adjacent to an activating group) is 1. The number of nitro benzene ring substituents is 1. The van der Waals surface area contributed by atoms with Crippen LogP contribution in [0.4, 0.5) is 27.5 Å². The molecule has 1 fully saturated rings. The van der Waals surface area contributed by atoms with E-state index < -0.39 is 22.8 Å². The second-order valence-corrected chi connectivity index (χ2v) is 9.35. The van der Waals surface area contributed by atoms with Crippen LogP contribution in [0.15, 0.2) is 72.9 Å². The van der Waals surface area contributed by atoms with Crippen molar-refractivity contribution in [2.75, 3.05) is 48.8 Å². The van der Waals surface area contributed by atoms with Crippen molar-refractivity contribution in [3.05, 3.63) is 94.2 Å². The number of carbonyl (C=O) groups is 3. The molecular formula is C28H26N6O6. The van der Waals surface area contributed by atoms with Gasteiger partial charge < -0.3 is 19.9 Å². The average Bonchev–Trinajstić information content (AvgIpc) is 2.94. The van der Waals surface area contributed by atoms with Crippen LogP contribution in [0.2, 0.25) is 0 Å². The maximum Gasteiger partial charge on any atom is 0.417 e. The summed E-state index contributed by atoms with van der Waals surface area (Å²) in [5.74, 6) is -1.02. The van der Waals surface area contributed by atoms with Gasteiger partial charge in [0.1, 0.15) is 5.75 Å². The van der Waals surface area contributed by atoms with Crippen LogP contribution in [0.5, 0.6) is 5.75 Å². The van der Waals surface area contributed by atoms with Gasteiger partial charge in [-0.2, -0.15) is 0 Å². The number of non-ortho nitro benzene ring substituents is 1. The zero-order valence-corrected chi connectivity index (χ0v) is 21.5. The third kappa shape index (κ3) is 5.92. The van der Waals surface area contributed by atoms with Crippen LogP contribution in [0, 0.1) is 10.1 Å². The van der Waals surface area contributed by atoms with E-state index in [-0.39, 0.29) is 28.3 Å². The van der Waals surface area contributed by atoms with Gasteiger partial charge in [0.25, 0.3) is 17.5 Å². The zero-order chi connectivity index (χ0) is 28.2. The number of benzene rings is 3. The first-order valence-corrected chi connectivity index (χ1v) is 12.5. The van der Waals surface area contributed by atoms with Gasteiger partial charge in [-0.1, -0.05) is 0 Å². The number of nitrogens with one attached hydrogen (secondary N) is 3. The van der Waals surface area contributed by atoms with Crippen molar-refractivity contribution in [1.29, 1.82) is 0 Å². The number of fused-ring (bicyclic) bond motifs is 1. The van der Waals surface area contributed by atoms with Crippen molar-refractivity contribution in [1.82, 2.24) is 10.2 Å². The van der Waals surface area contributed by atoms with E-state index in [1.165, 1.54) is 48.7 Å². The molecule has 12 nitrogen and oxygen atoms in total. The predicted octanol–water partition coefficient (Wildman–Crippen LogP) is 3.68. The Bertz CT molecular complexity index is 1490. The summed E-state index contributed by atoms with van der Waals surface area (Å²) in [7, 11) is 2.11. The molecule has 0 radical (unpaired) electrons. The first-order valence-electron chi connectivity index (χ1n) is 12.5. The summed E-state index contributed by atoms with van der Waals surface area (Å²) in [6, 6.07) is 17.4. The van der Waals surface area contributed by atoms with Crippen LogP contribution in [-0.4, -0.2) is 61.0 Å². The molecule has 0 atom stereocenters. The highest BCUT2D eigenvalue weighted by Crippen LogP contribution is 2.28. The highest BCUT2D eigenvalue weighted by molar-refractivity contribution is 6.31. The van der Waals surface area contributed by atoms with Crippen molar-refractivity contribution >= 4 is 46.2 Å². The third-order valence-corrected chi connectivity index (χ3v) is 6.65. The lowest BCUT2D eigenvalue weighted by Gasteiger charge is -2.34. The Morgan fingerprint density at radius 1 is 0.925 bits per heavy atom. The number of imide groups is 1. The van der Waals surface area contributed by atoms with Crippen LogP contribution in [0.25, 0.3) is 5.57 Å². The summed E-state index contributed by atoms with van der Waals surface area (Å²) in [5, 5.41) is 18.8. The monoisotopic (exact) mass is 542 g/mol. The number of piperazine rings is 1. The Balaban J connectivity index is 1.30. The Hall–Kier alpha value is -5.23. The minimum Gasteiger partial charge on any atom is -0.410 e. The van der Waals surface area contributed by atoms with E-state index in [4.69, 9.17) is 4.74 Å². The minimum absolute atomic E-state index is 0.110. The summed E-state index contributed by atoms with van der Waals surface area (Å²) < 4.78 is 5.18. The van der Waals surface area contributed by atoms with Gasteiger partial charge in [0, 0.05) is 72.7 Å². The number of amides is 3. The van der Waals surface area contributed by atoms with Crippen LogP contribution in [0.1, 0.15) is 15.9 Å². The third-order valence-electron chi connectivity index (χ3n) is 6.65. The highest BCUT2D eigenvalue weighted by Gasteiger charge is 2.28. The molecule has 2 aliphatic heterocycles. The Morgan fingerprint density at radius 2 is 1.60 bits per heavy atom. The number of anilines is 3. The fourth-order valence-electron chi connectivity index (χ4n) is 4.42. The lowest BCUT2D eigenvalue weighted by molar-refractivity contribution is -0.384. The van der Waals surface area contributed by atoms with Crippen molar-refractivity contribution < 1.29 is 24.0 Å². The van der Waals surface area contributed by atoms with Gasteiger partial charge in [0.15, 0.2) is 0 Å². The van der Waals surface area contributed by atoms with E-state index in [0.29, 0.717) is 5.56 Å². The summed E-state index contributed by atoms with van der Waals surface area (Å²) in [4.78, 5) is 52.4. The van der Waals surface area contributed by atoms with Crippen molar-refractivity contribution in [2.45, 2.75) is 0 Å². The number of nitrogens with zero attached hydrogens (tertiary/aromatic N) is 3. The zero-order valence-electron chi connectivity index (χ0n) is 21.5. The molecule has 3 aromatic carbocycles. The second kappa shape index (κ2) is 11.3. The maximum absolute atomic E-state index is 12.7. The van der Waals surface area contributed by atoms with Gasteiger partial charge in [-0.15, -0.1) is 0 Å². The molecule has 40 heavy (non-hydrogen) atoms. The molecule has 5 rings (SSSR count). The molecule has 0 spiro atoms. The fraction of sp³-hybridized carbons (Fsp3) is 0.179. The standard InChI is InChI=1S/C28H26N6O6/c1-32-12-14-33(15-13-32)20-5-2-18(3-6-20)29-17-25-24-16-19(4-11-23(24)26(35)31-27(25)36)30-28(37)40-22-9-7-21(8-10-22)34(38)39/h2-11,16-17,29H,12-15H2,1H3,(H,30,37)(H,31,35,36). The van der Waals surface area contributed by atoms with Crippen LogP contribution in [0.3, 0.4) is 0 Å². The summed E-state index contributed by atoms with van der Waals surface area (Å²) in [6.45, 7) is 3.92. The van der Waals surface area contributed by atoms with Crippen LogP contribution >= 0.6 is 0 Å². The number of hydrogen-bond donors (Lipinski definition) is 3. The largest absolute Gasteiger partial charge is 0.417 e. The molecule has 1 saturated heterocycles. The average molecular weight is 543 g/mol. The molecule has 3 amide bonds. The number of carbonyl (C=O) groups excluding carboxylic acids is 3. The topological polar surface area (TPSA) is 146 Å². The summed E-state index contributed by atoms with van der Waals surface area (Å²) in [6.07, 6.45) is 0.675. The summed E-state index contributed by atoms with van der Waals surface area (Å²) in [5.41, 5.74) is 2.85. The van der Waals surface area contributed by atoms with Crippen molar-refractivity contribution in [3.63, 3.8) is 0 Å². The molecular weight excluding hydrogens is 516 g/mol. The number of ether oxygens (including phenoxy) is 1. The van der Waals surface area contributed by atoms with Crippen LogP contribution in [-0.2, 0) is 4.79 Å². The van der Waals surface area contributed by atoms with Crippen molar-refractivity contribution in [2.24, 2.45) is 0 Å². The molecule has 3 aromatic rings. The van der Waals surface area contributed by atoms with Gasteiger partial charge in [-0.25, -0.2) is 4.79 Å². The normalized spacial score (nSPS) is 16.2. The number of nitro groups is 1. The molecule has 12 heteroatoms. The van der Waals surface area contributed by atoms with E-state index in [1.54, 1.807) is 0 Å². The maximum atomic E-state index is 12.7. The lowest BCUT2D eigenvalue weighted by Crippen LogP contribution is -2.44. The molecule has 3 N–H and O–H groups in total. The molecule has 0 aliphatic carbocycles. The van der Waals surface area contributed by atoms with Crippen LogP contribution < -0.4 is 25.6 Å². The fourth-order valence-corrected chi connectivity index (χ4v) is 4.42. The van der Waals surface area contributed by atoms with Gasteiger partial charge in [0.05, 0.1) is 10.5 Å². The van der Waals surface area contributed by atoms with E-state index in [2.05, 4.69) is 32.8 Å². The van der Waals surface area contributed by atoms with E-state index in [0.717, 1.165) is 37.6 Å². The molecule has 0 saturated carbocycles. The first kappa shape index (κ1) is 26.4. The molecule has 2 aliphatic rings. The van der Waals surface area contributed by atoms with E-state index in [9.17, 15) is 24.5 Å². The first-order chi connectivity index (χ1) is 19.3. The Morgan fingerprint density at radius 3 is 2.27 bits per heavy atom. The van der Waals surface area contributed by atoms with Gasteiger partial charge in [0.2, 0.25) is 0 Å². The highest BCUT2D eigenvalue weighted by atomic mass is 16.6. The predicted molar refractivity (Wildman–Crippen MR) is 149 cm³/mol. The quantitative estimate of drug-likeness (QED) is 0.184. The molecule has 0 aromatic heterocycles. The smallest absolute Gasteiger partial charge is 0.410 e. The molecule has 204 valence electrons. The number of hydrogen-bond acceptors (Lipinski definition) is 9. The summed E-state index contributed by atoms with van der Waals surface area (Å²) >= 11 is 0. The van der Waals surface area contributed by atoms with Gasteiger partial charge >= 0.3 is 6.09 Å². The SMILES string of the molecule is CN1CCN(c2ccc(NC=C3C(=O)NC(=O)c4ccc(NC(=O)Oc5ccc([N+](=O)[O-])cc5)cc43)cc2)CC1. The second-order valence-electron chi connectivity index (χ2n) is 9.35. The molecule has 0 unspecified atom stereocenters. The Labute approximate surface area is 229 Å². The molecule has 2 heterocycles. The Kier molecular flexibility index (Phi) is 7.42. The van der Waals surface area contributed by atoms with E-state index in [1.807, 2.05) is 24.3 Å². The van der Waals surface area contributed by atoms with E-state index >= 15 is 0 Å². The van der Waals surface area contributed by atoms with Gasteiger partial charge in [-0.05, 0) is 61.6 Å². The lowest BCUT2D eigenvalue weighted by atomic mass is 9.95. The van der Waals surface area contributed by atoms with Gasteiger partial charge in [-0.3, -0.25) is 30.3 Å². The minimum atomic E-state index is -0.843. The van der Waals surface area contributed by atoms with Crippen molar-refractivity contribution in [3.8, 4) is 5.75 Å². The molecule has 0 bridgehead atoms.